The molecule has 45 heavy (non-hydrogen) atoms. The molecule has 0 saturated carbocycles. The summed E-state index contributed by atoms with van der Waals surface area (Å²) in [5.74, 6) is 0.787. The molecule has 9 heteroatoms. The van der Waals surface area contributed by atoms with E-state index in [1.807, 2.05) is 54.6 Å². The number of carboxylic acid groups (broad SMARTS) is 1. The molecule has 1 saturated heterocycles. The Hall–Kier alpha value is -4.57. The first kappa shape index (κ1) is 31.8. The lowest BCUT2D eigenvalue weighted by molar-refractivity contribution is -0.0937. The number of nitrogens with zero attached hydrogens (tertiary/aromatic N) is 1. The molecule has 3 atom stereocenters. The van der Waals surface area contributed by atoms with Crippen LogP contribution < -0.4 is 4.74 Å². The van der Waals surface area contributed by atoms with Crippen molar-refractivity contribution in [3.8, 4) is 17.2 Å². The van der Waals surface area contributed by atoms with Crippen LogP contribution >= 0.6 is 0 Å². The van der Waals surface area contributed by atoms with E-state index < -0.39 is 18.3 Å². The van der Waals surface area contributed by atoms with E-state index in [-0.39, 0.29) is 43.7 Å². The summed E-state index contributed by atoms with van der Waals surface area (Å²) in [5, 5.41) is 29.2. The molecule has 4 aromatic carbocycles. The Kier molecular flexibility index (Phi) is 11.3. The number of aromatic hydroxyl groups is 2. The van der Waals surface area contributed by atoms with Gasteiger partial charge in [0.05, 0.1) is 58.3 Å². The summed E-state index contributed by atoms with van der Waals surface area (Å²) in [6.45, 7) is 2.52. The summed E-state index contributed by atoms with van der Waals surface area (Å²) in [6.07, 6.45) is -1.28. The number of amides is 1. The third kappa shape index (κ3) is 9.46. The summed E-state index contributed by atoms with van der Waals surface area (Å²) in [5.41, 5.74) is 3.80. The molecular weight excluding hydrogens is 574 g/mol. The fourth-order valence-electron chi connectivity index (χ4n) is 5.37. The molecule has 1 fully saturated rings. The molecule has 0 spiro atoms. The monoisotopic (exact) mass is 613 g/mol. The third-order valence-corrected chi connectivity index (χ3v) is 7.75. The van der Waals surface area contributed by atoms with Crippen molar-refractivity contribution < 1.29 is 39.1 Å². The number of hydrogen-bond acceptors (Lipinski definition) is 7. The zero-order valence-electron chi connectivity index (χ0n) is 25.0. The third-order valence-electron chi connectivity index (χ3n) is 7.75. The maximum atomic E-state index is 12.1. The SMILES string of the molecule is O=C(O)N1C[C@H](OCc2ccc(O)cc2)C(c2ccc(OCCCOCc3ccccc3)cc2)[C@H](OCc2ccc(O)cc2)C1. The van der Waals surface area contributed by atoms with Crippen molar-refractivity contribution in [3.63, 3.8) is 0 Å². The van der Waals surface area contributed by atoms with Crippen LogP contribution in [0.15, 0.2) is 103 Å². The lowest BCUT2D eigenvalue weighted by Crippen LogP contribution is -2.54. The van der Waals surface area contributed by atoms with E-state index in [1.165, 1.54) is 4.90 Å². The predicted molar refractivity (Wildman–Crippen MR) is 168 cm³/mol. The first-order chi connectivity index (χ1) is 21.9. The summed E-state index contributed by atoms with van der Waals surface area (Å²) >= 11 is 0. The van der Waals surface area contributed by atoms with Crippen LogP contribution in [0.1, 0.15) is 34.6 Å². The van der Waals surface area contributed by atoms with E-state index in [0.717, 1.165) is 34.4 Å². The lowest BCUT2D eigenvalue weighted by atomic mass is 9.84. The number of likely N-dealkylation sites (tertiary alicyclic amines) is 1. The van der Waals surface area contributed by atoms with Crippen molar-refractivity contribution in [1.82, 2.24) is 4.90 Å². The average molecular weight is 614 g/mol. The Bertz CT molecular complexity index is 1400. The zero-order valence-corrected chi connectivity index (χ0v) is 25.0. The van der Waals surface area contributed by atoms with Crippen LogP contribution in [0.3, 0.4) is 0 Å². The smallest absolute Gasteiger partial charge is 0.407 e. The topological polar surface area (TPSA) is 118 Å². The van der Waals surface area contributed by atoms with Gasteiger partial charge < -0.3 is 39.2 Å². The van der Waals surface area contributed by atoms with E-state index in [4.69, 9.17) is 18.9 Å². The second-order valence-corrected chi connectivity index (χ2v) is 11.1. The highest BCUT2D eigenvalue weighted by atomic mass is 16.5. The minimum atomic E-state index is -1.04. The molecule has 0 radical (unpaired) electrons. The van der Waals surface area contributed by atoms with Crippen molar-refractivity contribution in [2.75, 3.05) is 26.3 Å². The molecule has 1 unspecified atom stereocenters. The minimum Gasteiger partial charge on any atom is -0.508 e. The van der Waals surface area contributed by atoms with Crippen molar-refractivity contribution in [2.45, 2.75) is 44.4 Å². The molecule has 0 aliphatic carbocycles. The van der Waals surface area contributed by atoms with Gasteiger partial charge in [0.1, 0.15) is 17.2 Å². The normalized spacial score (nSPS) is 18.0. The molecule has 0 aromatic heterocycles. The van der Waals surface area contributed by atoms with Gasteiger partial charge in [-0.2, -0.15) is 0 Å². The van der Waals surface area contributed by atoms with Gasteiger partial charge in [0.25, 0.3) is 0 Å². The molecule has 3 N–H and O–H groups in total. The molecule has 4 aromatic rings. The summed E-state index contributed by atoms with van der Waals surface area (Å²) in [7, 11) is 0. The summed E-state index contributed by atoms with van der Waals surface area (Å²) in [4.78, 5) is 13.5. The second-order valence-electron chi connectivity index (χ2n) is 11.1. The fraction of sp³-hybridized carbons (Fsp3) is 0.306. The average Bonchev–Trinajstić information content (AvgIpc) is 3.06. The zero-order chi connectivity index (χ0) is 31.4. The van der Waals surface area contributed by atoms with Crippen LogP contribution in [0.5, 0.6) is 17.2 Å². The van der Waals surface area contributed by atoms with E-state index in [9.17, 15) is 20.1 Å². The second kappa shape index (κ2) is 15.9. The molecule has 1 aliphatic heterocycles. The van der Waals surface area contributed by atoms with Crippen LogP contribution in [0, 0.1) is 0 Å². The van der Waals surface area contributed by atoms with Crippen molar-refractivity contribution in [3.05, 3.63) is 125 Å². The van der Waals surface area contributed by atoms with Crippen LogP contribution in [0.25, 0.3) is 0 Å². The van der Waals surface area contributed by atoms with Gasteiger partial charge in [0.2, 0.25) is 0 Å². The highest BCUT2D eigenvalue weighted by Gasteiger charge is 2.41. The highest BCUT2D eigenvalue weighted by Crippen LogP contribution is 2.35. The van der Waals surface area contributed by atoms with E-state index in [2.05, 4.69) is 0 Å². The maximum absolute atomic E-state index is 12.1. The Morgan fingerprint density at radius 3 is 1.73 bits per heavy atom. The molecule has 1 amide bonds. The summed E-state index contributed by atoms with van der Waals surface area (Å²) < 4.78 is 24.5. The van der Waals surface area contributed by atoms with Crippen LogP contribution in [-0.4, -0.2) is 64.8 Å². The van der Waals surface area contributed by atoms with Gasteiger partial charge in [-0.1, -0.05) is 66.7 Å². The largest absolute Gasteiger partial charge is 0.508 e. The van der Waals surface area contributed by atoms with E-state index in [0.29, 0.717) is 19.8 Å². The Balaban J connectivity index is 1.26. The van der Waals surface area contributed by atoms with Crippen molar-refractivity contribution in [2.24, 2.45) is 0 Å². The van der Waals surface area contributed by atoms with Crippen LogP contribution in [-0.2, 0) is 34.0 Å². The van der Waals surface area contributed by atoms with Crippen LogP contribution in [0.2, 0.25) is 0 Å². The Morgan fingerprint density at radius 1 is 0.667 bits per heavy atom. The minimum absolute atomic E-state index is 0.163. The number of piperidine rings is 1. The van der Waals surface area contributed by atoms with E-state index >= 15 is 0 Å². The van der Waals surface area contributed by atoms with Gasteiger partial charge in [0, 0.05) is 12.3 Å². The molecule has 0 bridgehead atoms. The van der Waals surface area contributed by atoms with Gasteiger partial charge in [-0.15, -0.1) is 0 Å². The number of ether oxygens (including phenoxy) is 4. The lowest BCUT2D eigenvalue weighted by Gasteiger charge is -2.42. The van der Waals surface area contributed by atoms with Gasteiger partial charge in [-0.05, 0) is 58.7 Å². The number of hydrogen-bond donors (Lipinski definition) is 3. The van der Waals surface area contributed by atoms with Crippen molar-refractivity contribution in [1.29, 1.82) is 0 Å². The number of phenols is 2. The number of rotatable bonds is 14. The van der Waals surface area contributed by atoms with Gasteiger partial charge >= 0.3 is 6.09 Å². The van der Waals surface area contributed by atoms with E-state index in [1.54, 1.807) is 48.5 Å². The Labute approximate surface area is 263 Å². The van der Waals surface area contributed by atoms with Crippen molar-refractivity contribution >= 4 is 6.09 Å². The standard InChI is InChI=1S/C36H39NO8/c38-30-13-7-27(8-14-30)24-44-33-21-37(36(40)41)22-34(45-25-28-9-15-31(39)16-10-28)35(33)29-11-17-32(18-12-29)43-20-4-19-42-23-26-5-2-1-3-6-26/h1-3,5-18,33-35,38-39H,4,19-25H2,(H,40,41)/t33-,34+,35?. The molecule has 1 heterocycles. The molecular formula is C36H39NO8. The van der Waals surface area contributed by atoms with Gasteiger partial charge in [0.15, 0.2) is 0 Å². The molecule has 9 nitrogen and oxygen atoms in total. The first-order valence-electron chi connectivity index (χ1n) is 15.1. The molecule has 236 valence electrons. The van der Waals surface area contributed by atoms with Crippen LogP contribution in [0.4, 0.5) is 4.79 Å². The summed E-state index contributed by atoms with van der Waals surface area (Å²) in [6, 6.07) is 31.3. The van der Waals surface area contributed by atoms with Gasteiger partial charge in [-0.25, -0.2) is 4.79 Å². The maximum Gasteiger partial charge on any atom is 0.407 e. The molecule has 5 rings (SSSR count). The number of carbonyl (C=O) groups is 1. The Morgan fingerprint density at radius 2 is 1.20 bits per heavy atom. The molecule has 1 aliphatic rings. The first-order valence-corrected chi connectivity index (χ1v) is 15.1. The highest BCUT2D eigenvalue weighted by molar-refractivity contribution is 5.65. The predicted octanol–water partition coefficient (Wildman–Crippen LogP) is 6.33. The quantitative estimate of drug-likeness (QED) is 0.141. The fourth-order valence-corrected chi connectivity index (χ4v) is 5.37. The number of benzene rings is 4. The number of phenolic OH excluding ortho intramolecular Hbond substituents is 2. The van der Waals surface area contributed by atoms with Gasteiger partial charge in [-0.3, -0.25) is 0 Å².